The van der Waals surface area contributed by atoms with E-state index in [0.29, 0.717) is 5.92 Å². The van der Waals surface area contributed by atoms with Crippen LogP contribution in [0.1, 0.15) is 30.0 Å². The van der Waals surface area contributed by atoms with Crippen molar-refractivity contribution in [3.8, 4) is 0 Å². The van der Waals surface area contributed by atoms with E-state index in [1.54, 1.807) is 0 Å². The molecule has 3 aliphatic rings. The predicted molar refractivity (Wildman–Crippen MR) is 132 cm³/mol. The molecule has 3 aromatic rings. The minimum atomic E-state index is -0.512. The van der Waals surface area contributed by atoms with Gasteiger partial charge in [-0.15, -0.1) is 0 Å². The Balaban J connectivity index is 1.29. The van der Waals surface area contributed by atoms with Crippen molar-refractivity contribution in [1.29, 1.82) is 0 Å². The second kappa shape index (κ2) is 9.80. The Bertz CT molecular complexity index is 1030. The standard InChI is InChI=1S/C29H33N2O2/c32-29(28(25-12-6-2-7-13-25)30-26-14-8-3-9-15-26)33-27-22-31(20-17-24(27)18-21-31)19-16-23-10-4-1-5-11-23/h1-15,24,27-28,30H,16-22H2/q+1/t24?,27-,28?,31?/m0/s1. The minimum Gasteiger partial charge on any atom is -0.454 e. The molecule has 0 amide bonds. The van der Waals surface area contributed by atoms with Gasteiger partial charge in [0.1, 0.15) is 6.54 Å². The summed E-state index contributed by atoms with van der Waals surface area (Å²) in [5.41, 5.74) is 3.24. The van der Waals surface area contributed by atoms with Crippen LogP contribution in [-0.4, -0.2) is 42.7 Å². The van der Waals surface area contributed by atoms with Crippen molar-refractivity contribution in [1.82, 2.24) is 0 Å². The molecule has 2 bridgehead atoms. The van der Waals surface area contributed by atoms with Gasteiger partial charge in [0.2, 0.25) is 0 Å². The molecule has 2 atom stereocenters. The summed E-state index contributed by atoms with van der Waals surface area (Å²) in [6, 6.07) is 30.0. The Hall–Kier alpha value is -3.11. The average molecular weight is 442 g/mol. The van der Waals surface area contributed by atoms with Gasteiger partial charge in [0.25, 0.3) is 0 Å². The number of rotatable bonds is 8. The first-order valence-corrected chi connectivity index (χ1v) is 12.2. The van der Waals surface area contributed by atoms with Crippen molar-refractivity contribution < 1.29 is 14.0 Å². The van der Waals surface area contributed by atoms with Crippen molar-refractivity contribution in [3.05, 3.63) is 102 Å². The Morgan fingerprint density at radius 3 is 2.15 bits per heavy atom. The van der Waals surface area contributed by atoms with Crippen LogP contribution in [0.25, 0.3) is 0 Å². The monoisotopic (exact) mass is 441 g/mol. The summed E-state index contributed by atoms with van der Waals surface area (Å²) >= 11 is 0. The number of anilines is 1. The van der Waals surface area contributed by atoms with Gasteiger partial charge in [-0.05, 0) is 23.3 Å². The number of carbonyl (C=O) groups is 1. The fourth-order valence-electron chi connectivity index (χ4n) is 5.52. The van der Waals surface area contributed by atoms with E-state index < -0.39 is 6.04 Å². The van der Waals surface area contributed by atoms with Gasteiger partial charge in [-0.3, -0.25) is 0 Å². The number of para-hydroxylation sites is 1. The topological polar surface area (TPSA) is 38.3 Å². The SMILES string of the molecule is O=C(O[C@H]1C[N+]2(CCc3ccccc3)CCC1CC2)C(Nc1ccccc1)c1ccccc1. The summed E-state index contributed by atoms with van der Waals surface area (Å²) < 4.78 is 7.35. The third kappa shape index (κ3) is 5.12. The largest absolute Gasteiger partial charge is 0.454 e. The van der Waals surface area contributed by atoms with Gasteiger partial charge in [0.05, 0.1) is 19.6 Å². The fourth-order valence-corrected chi connectivity index (χ4v) is 5.52. The van der Waals surface area contributed by atoms with Crippen LogP contribution in [0.15, 0.2) is 91.0 Å². The summed E-state index contributed by atoms with van der Waals surface area (Å²) in [4.78, 5) is 13.5. The lowest BCUT2D eigenvalue weighted by Gasteiger charge is -2.52. The first-order valence-electron chi connectivity index (χ1n) is 12.2. The molecule has 3 aliphatic heterocycles. The maximum atomic E-state index is 13.5. The lowest BCUT2D eigenvalue weighted by molar-refractivity contribution is -0.946. The van der Waals surface area contributed by atoms with Crippen molar-refractivity contribution in [3.63, 3.8) is 0 Å². The van der Waals surface area contributed by atoms with Crippen LogP contribution in [0, 0.1) is 5.92 Å². The molecule has 3 aromatic carbocycles. The van der Waals surface area contributed by atoms with Crippen LogP contribution in [0.4, 0.5) is 5.69 Å². The number of nitrogens with one attached hydrogen (secondary N) is 1. The predicted octanol–water partition coefficient (Wildman–Crippen LogP) is 5.23. The number of hydrogen-bond acceptors (Lipinski definition) is 3. The molecule has 4 heteroatoms. The highest BCUT2D eigenvalue weighted by atomic mass is 16.5. The normalized spacial score (nSPS) is 24.7. The second-order valence-corrected chi connectivity index (χ2v) is 9.60. The third-order valence-corrected chi connectivity index (χ3v) is 7.48. The first kappa shape index (κ1) is 21.7. The number of quaternary nitrogens is 1. The van der Waals surface area contributed by atoms with E-state index in [1.807, 2.05) is 60.7 Å². The Kier molecular flexibility index (Phi) is 6.45. The fraction of sp³-hybridized carbons (Fsp3) is 0.345. The molecule has 3 fully saturated rings. The zero-order chi connectivity index (χ0) is 22.5. The third-order valence-electron chi connectivity index (χ3n) is 7.48. The molecule has 0 radical (unpaired) electrons. The zero-order valence-electron chi connectivity index (χ0n) is 19.1. The zero-order valence-corrected chi connectivity index (χ0v) is 19.1. The molecule has 6 rings (SSSR count). The number of piperidine rings is 3. The number of nitrogens with zero attached hydrogens (tertiary/aromatic N) is 1. The number of carbonyl (C=O) groups excluding carboxylic acids is 1. The number of benzene rings is 3. The maximum absolute atomic E-state index is 13.5. The van der Waals surface area contributed by atoms with E-state index in [4.69, 9.17) is 4.74 Å². The van der Waals surface area contributed by atoms with Crippen LogP contribution in [0.3, 0.4) is 0 Å². The molecule has 0 saturated carbocycles. The van der Waals surface area contributed by atoms with Crippen LogP contribution in [-0.2, 0) is 16.0 Å². The molecule has 3 saturated heterocycles. The van der Waals surface area contributed by atoms with Gasteiger partial charge < -0.3 is 14.5 Å². The molecule has 33 heavy (non-hydrogen) atoms. The summed E-state index contributed by atoms with van der Waals surface area (Å²) in [6.07, 6.45) is 3.37. The van der Waals surface area contributed by atoms with Gasteiger partial charge in [0.15, 0.2) is 12.1 Å². The van der Waals surface area contributed by atoms with Crippen molar-refractivity contribution in [2.45, 2.75) is 31.4 Å². The Labute approximate surface area is 196 Å². The maximum Gasteiger partial charge on any atom is 0.333 e. The van der Waals surface area contributed by atoms with Crippen LogP contribution in [0.5, 0.6) is 0 Å². The van der Waals surface area contributed by atoms with E-state index in [9.17, 15) is 4.79 Å². The summed E-state index contributed by atoms with van der Waals surface area (Å²) in [5.74, 6) is 0.309. The number of fused-ring (bicyclic) bond motifs is 3. The molecule has 0 aliphatic carbocycles. The van der Waals surface area contributed by atoms with Gasteiger partial charge in [-0.1, -0.05) is 78.9 Å². The molecule has 0 spiro atoms. The Morgan fingerprint density at radius 1 is 0.879 bits per heavy atom. The molecule has 1 unspecified atom stereocenters. The van der Waals surface area contributed by atoms with E-state index in [-0.39, 0.29) is 12.1 Å². The Morgan fingerprint density at radius 2 is 1.48 bits per heavy atom. The molecule has 4 nitrogen and oxygen atoms in total. The van der Waals surface area contributed by atoms with Crippen LogP contribution < -0.4 is 5.32 Å². The number of ether oxygens (including phenoxy) is 1. The molecule has 0 aromatic heterocycles. The van der Waals surface area contributed by atoms with Crippen LogP contribution in [0.2, 0.25) is 0 Å². The smallest absolute Gasteiger partial charge is 0.333 e. The average Bonchev–Trinajstić information content (AvgIpc) is 2.88. The van der Waals surface area contributed by atoms with Crippen molar-refractivity contribution >= 4 is 11.7 Å². The molecule has 1 N–H and O–H groups in total. The second-order valence-electron chi connectivity index (χ2n) is 9.60. The van der Waals surface area contributed by atoms with Crippen LogP contribution >= 0.6 is 0 Å². The molecule has 3 heterocycles. The lowest BCUT2D eigenvalue weighted by atomic mass is 9.83. The molecular weight excluding hydrogens is 408 g/mol. The van der Waals surface area contributed by atoms with Crippen molar-refractivity contribution in [2.24, 2.45) is 5.92 Å². The molecular formula is C29H33N2O2+. The van der Waals surface area contributed by atoms with Crippen molar-refractivity contribution in [2.75, 3.05) is 31.5 Å². The van der Waals surface area contributed by atoms with Gasteiger partial charge in [-0.25, -0.2) is 4.79 Å². The summed E-state index contributed by atoms with van der Waals surface area (Å²) in [5, 5.41) is 3.41. The number of hydrogen-bond donors (Lipinski definition) is 1. The highest BCUT2D eigenvalue weighted by Gasteiger charge is 2.47. The van der Waals surface area contributed by atoms with E-state index in [0.717, 1.165) is 48.1 Å². The number of esters is 1. The molecule has 170 valence electrons. The lowest BCUT2D eigenvalue weighted by Crippen LogP contribution is -2.65. The van der Waals surface area contributed by atoms with E-state index in [1.165, 1.54) is 18.7 Å². The van der Waals surface area contributed by atoms with E-state index in [2.05, 4.69) is 35.6 Å². The summed E-state index contributed by atoms with van der Waals surface area (Å²) in [7, 11) is 0. The highest BCUT2D eigenvalue weighted by Crippen LogP contribution is 2.36. The quantitative estimate of drug-likeness (QED) is 0.384. The first-order chi connectivity index (χ1) is 16.2. The minimum absolute atomic E-state index is 0.000408. The highest BCUT2D eigenvalue weighted by molar-refractivity contribution is 5.81. The van der Waals surface area contributed by atoms with Gasteiger partial charge in [-0.2, -0.15) is 0 Å². The van der Waals surface area contributed by atoms with Gasteiger partial charge >= 0.3 is 5.97 Å². The van der Waals surface area contributed by atoms with E-state index >= 15 is 0 Å². The summed E-state index contributed by atoms with van der Waals surface area (Å²) in [6.45, 7) is 4.47. The van der Waals surface area contributed by atoms with Gasteiger partial charge in [0, 0.05) is 30.9 Å².